The number of amides is 3. The van der Waals surface area contributed by atoms with E-state index in [4.69, 9.17) is 0 Å². The van der Waals surface area contributed by atoms with E-state index in [0.717, 1.165) is 11.6 Å². The molecule has 3 heterocycles. The second-order valence-corrected chi connectivity index (χ2v) is 8.98. The van der Waals surface area contributed by atoms with Crippen LogP contribution in [0.3, 0.4) is 0 Å². The second kappa shape index (κ2) is 7.97. The molecule has 31 heavy (non-hydrogen) atoms. The third-order valence-corrected chi connectivity index (χ3v) is 7.08. The van der Waals surface area contributed by atoms with Gasteiger partial charge in [0.1, 0.15) is 17.7 Å². The zero-order valence-corrected chi connectivity index (χ0v) is 17.5. The van der Waals surface area contributed by atoms with Crippen LogP contribution >= 0.6 is 11.8 Å². The van der Waals surface area contributed by atoms with Crippen molar-refractivity contribution in [1.29, 1.82) is 0 Å². The smallest absolute Gasteiger partial charge is 0.281 e. The fourth-order valence-electron chi connectivity index (χ4n) is 4.37. The SMILES string of the molecule is O=C1Nc2ccc(-c3ccccc3F)cc2C(=O)N2CCN(C(=O)[C@@H]3CSC[NH2+]3)C[C@H]12. The number of thioether (sulfide) groups is 1. The summed E-state index contributed by atoms with van der Waals surface area (Å²) >= 11 is 1.72. The number of rotatable bonds is 2. The summed E-state index contributed by atoms with van der Waals surface area (Å²) in [5.41, 5.74) is 1.70. The highest BCUT2D eigenvalue weighted by Gasteiger charge is 2.42. The molecule has 0 spiro atoms. The molecule has 160 valence electrons. The largest absolute Gasteiger partial charge is 0.333 e. The molecule has 9 heteroatoms. The number of nitrogens with one attached hydrogen (secondary N) is 1. The Balaban J connectivity index is 1.43. The van der Waals surface area contributed by atoms with E-state index in [1.54, 1.807) is 53.1 Å². The van der Waals surface area contributed by atoms with Gasteiger partial charge in [-0.25, -0.2) is 4.39 Å². The van der Waals surface area contributed by atoms with Gasteiger partial charge in [-0.3, -0.25) is 14.4 Å². The van der Waals surface area contributed by atoms with Gasteiger partial charge in [0.25, 0.3) is 11.8 Å². The van der Waals surface area contributed by atoms with E-state index in [2.05, 4.69) is 5.32 Å². The maximum absolute atomic E-state index is 14.3. The molecule has 0 bridgehead atoms. The van der Waals surface area contributed by atoms with Gasteiger partial charge in [0.05, 0.1) is 23.5 Å². The summed E-state index contributed by atoms with van der Waals surface area (Å²) in [6.45, 7) is 0.858. The molecule has 2 aromatic carbocycles. The Bertz CT molecular complexity index is 1070. The average molecular weight is 442 g/mol. The molecular formula is C22H22FN4O3S+. The number of benzene rings is 2. The number of fused-ring (bicyclic) bond motifs is 2. The quantitative estimate of drug-likeness (QED) is 0.720. The lowest BCUT2D eigenvalue weighted by atomic mass is 10.0. The molecule has 7 nitrogen and oxygen atoms in total. The number of anilines is 1. The van der Waals surface area contributed by atoms with Crippen LogP contribution in [0.5, 0.6) is 0 Å². The first-order valence-corrected chi connectivity index (χ1v) is 11.4. The van der Waals surface area contributed by atoms with Crippen molar-refractivity contribution in [2.75, 3.05) is 36.6 Å². The number of quaternary nitrogens is 1. The monoisotopic (exact) mass is 441 g/mol. The molecule has 0 unspecified atom stereocenters. The van der Waals surface area contributed by atoms with Gasteiger partial charge in [0, 0.05) is 18.7 Å². The molecule has 3 amide bonds. The molecule has 2 atom stereocenters. The molecule has 0 aromatic heterocycles. The van der Waals surface area contributed by atoms with Gasteiger partial charge in [-0.15, -0.1) is 0 Å². The Morgan fingerprint density at radius 3 is 2.74 bits per heavy atom. The van der Waals surface area contributed by atoms with Gasteiger partial charge >= 0.3 is 0 Å². The summed E-state index contributed by atoms with van der Waals surface area (Å²) in [5, 5.41) is 4.84. The minimum Gasteiger partial charge on any atom is -0.333 e. The number of piperazine rings is 1. The maximum Gasteiger partial charge on any atom is 0.281 e. The van der Waals surface area contributed by atoms with Crippen LogP contribution in [0.25, 0.3) is 11.1 Å². The lowest BCUT2D eigenvalue weighted by molar-refractivity contribution is -0.649. The Morgan fingerprint density at radius 1 is 1.13 bits per heavy atom. The van der Waals surface area contributed by atoms with Gasteiger partial charge in [-0.1, -0.05) is 36.0 Å². The van der Waals surface area contributed by atoms with Crippen LogP contribution in [-0.4, -0.2) is 70.9 Å². The molecule has 0 saturated carbocycles. The molecule has 0 aliphatic carbocycles. The fraction of sp³-hybridized carbons (Fsp3) is 0.318. The number of halogens is 1. The van der Waals surface area contributed by atoms with Crippen molar-refractivity contribution in [2.24, 2.45) is 0 Å². The molecule has 3 N–H and O–H groups in total. The minimum atomic E-state index is -0.747. The topological polar surface area (TPSA) is 86.3 Å². The van der Waals surface area contributed by atoms with E-state index < -0.39 is 6.04 Å². The van der Waals surface area contributed by atoms with Gasteiger partial charge in [-0.05, 0) is 23.8 Å². The van der Waals surface area contributed by atoms with Crippen LogP contribution in [0.4, 0.5) is 10.1 Å². The first-order chi connectivity index (χ1) is 15.0. The molecule has 5 rings (SSSR count). The van der Waals surface area contributed by atoms with Crippen molar-refractivity contribution < 1.29 is 24.1 Å². The highest BCUT2D eigenvalue weighted by molar-refractivity contribution is 7.99. The lowest BCUT2D eigenvalue weighted by Gasteiger charge is -2.39. The molecular weight excluding hydrogens is 419 g/mol. The number of nitrogens with two attached hydrogens (primary N) is 1. The Hall–Kier alpha value is -2.91. The van der Waals surface area contributed by atoms with Crippen LogP contribution in [0, 0.1) is 5.82 Å². The Labute approximate surface area is 183 Å². The number of carbonyl (C=O) groups is 3. The van der Waals surface area contributed by atoms with Crippen molar-refractivity contribution in [2.45, 2.75) is 12.1 Å². The number of hydrogen-bond donors (Lipinski definition) is 2. The number of carbonyl (C=O) groups excluding carboxylic acids is 3. The fourth-order valence-corrected chi connectivity index (χ4v) is 5.41. The van der Waals surface area contributed by atoms with Crippen LogP contribution in [0.2, 0.25) is 0 Å². The summed E-state index contributed by atoms with van der Waals surface area (Å²) in [6.07, 6.45) is 0. The average Bonchev–Trinajstić information content (AvgIpc) is 3.30. The predicted octanol–water partition coefficient (Wildman–Crippen LogP) is 0.734. The Morgan fingerprint density at radius 2 is 1.97 bits per heavy atom. The van der Waals surface area contributed by atoms with E-state index in [1.807, 2.05) is 5.32 Å². The summed E-state index contributed by atoms with van der Waals surface area (Å²) in [6, 6.07) is 10.5. The molecule has 2 fully saturated rings. The van der Waals surface area contributed by atoms with E-state index >= 15 is 0 Å². The Kier molecular flexibility index (Phi) is 5.15. The predicted molar refractivity (Wildman–Crippen MR) is 115 cm³/mol. The van der Waals surface area contributed by atoms with Crippen LogP contribution in [0.1, 0.15) is 10.4 Å². The molecule has 3 aliphatic heterocycles. The van der Waals surface area contributed by atoms with E-state index in [1.165, 1.54) is 11.0 Å². The highest BCUT2D eigenvalue weighted by Crippen LogP contribution is 2.31. The van der Waals surface area contributed by atoms with Crippen LogP contribution in [0.15, 0.2) is 42.5 Å². The van der Waals surface area contributed by atoms with E-state index in [9.17, 15) is 18.8 Å². The zero-order chi connectivity index (χ0) is 21.5. The van der Waals surface area contributed by atoms with Gasteiger partial charge in [-0.2, -0.15) is 0 Å². The van der Waals surface area contributed by atoms with Crippen LogP contribution in [-0.2, 0) is 9.59 Å². The van der Waals surface area contributed by atoms with Crippen molar-refractivity contribution in [3.05, 3.63) is 53.8 Å². The summed E-state index contributed by atoms with van der Waals surface area (Å²) < 4.78 is 14.3. The molecule has 3 aliphatic rings. The summed E-state index contributed by atoms with van der Waals surface area (Å²) in [4.78, 5) is 42.3. The van der Waals surface area contributed by atoms with Gasteiger partial charge in [0.15, 0.2) is 6.04 Å². The third kappa shape index (κ3) is 3.57. The highest BCUT2D eigenvalue weighted by atomic mass is 32.2. The molecule has 2 saturated heterocycles. The normalized spacial score (nSPS) is 23.1. The van der Waals surface area contributed by atoms with Gasteiger partial charge < -0.3 is 20.4 Å². The zero-order valence-electron chi connectivity index (χ0n) is 16.7. The molecule has 0 radical (unpaired) electrons. The van der Waals surface area contributed by atoms with E-state index in [-0.39, 0.29) is 42.7 Å². The third-order valence-electron chi connectivity index (χ3n) is 6.06. The first kappa shape index (κ1) is 20.0. The molecule has 2 aromatic rings. The number of hydrogen-bond acceptors (Lipinski definition) is 4. The maximum atomic E-state index is 14.3. The lowest BCUT2D eigenvalue weighted by Crippen LogP contribution is -2.90. The number of nitrogens with zero attached hydrogens (tertiary/aromatic N) is 2. The van der Waals surface area contributed by atoms with Crippen molar-refractivity contribution in [3.63, 3.8) is 0 Å². The van der Waals surface area contributed by atoms with Crippen molar-refractivity contribution in [3.8, 4) is 11.1 Å². The minimum absolute atomic E-state index is 0.0218. The standard InChI is InChI=1S/C22H21FN4O3S/c23-16-4-2-1-3-14(16)13-5-6-17-15(9-13)21(29)27-8-7-26(10-19(27)20(28)25-17)22(30)18-11-31-12-24-18/h1-6,9,18-19,24H,7-8,10-12H2,(H,25,28)/p+1/t18-,19+/m0/s1. The van der Waals surface area contributed by atoms with Gasteiger partial charge in [0.2, 0.25) is 5.91 Å². The van der Waals surface area contributed by atoms with E-state index in [0.29, 0.717) is 28.9 Å². The summed E-state index contributed by atoms with van der Waals surface area (Å²) in [5.74, 6) is 0.671. The van der Waals surface area contributed by atoms with Crippen molar-refractivity contribution in [1.82, 2.24) is 9.80 Å². The summed E-state index contributed by atoms with van der Waals surface area (Å²) in [7, 11) is 0. The first-order valence-electron chi connectivity index (χ1n) is 10.2. The van der Waals surface area contributed by atoms with Crippen LogP contribution < -0.4 is 10.6 Å². The second-order valence-electron chi connectivity index (χ2n) is 7.91. The van der Waals surface area contributed by atoms with Crippen molar-refractivity contribution >= 4 is 35.2 Å².